The Morgan fingerprint density at radius 3 is 2.90 bits per heavy atom. The van der Waals surface area contributed by atoms with Crippen LogP contribution in [0.3, 0.4) is 0 Å². The summed E-state index contributed by atoms with van der Waals surface area (Å²) >= 11 is 0. The maximum Gasteiger partial charge on any atom is 0.130 e. The van der Waals surface area contributed by atoms with Gasteiger partial charge in [-0.15, -0.1) is 0 Å². The van der Waals surface area contributed by atoms with E-state index in [1.54, 1.807) is 0 Å². The molecule has 20 heavy (non-hydrogen) atoms. The van der Waals surface area contributed by atoms with Crippen LogP contribution in [-0.2, 0) is 0 Å². The lowest BCUT2D eigenvalue weighted by Gasteiger charge is -2.27. The van der Waals surface area contributed by atoms with Crippen molar-refractivity contribution in [3.05, 3.63) is 47.3 Å². The Hall–Kier alpha value is -1.87. The number of nitrogens with zero attached hydrogens (tertiary/aromatic N) is 1. The van der Waals surface area contributed by atoms with Crippen molar-refractivity contribution in [3.8, 4) is 16.9 Å². The molecule has 0 radical (unpaired) electrons. The molecule has 3 nitrogen and oxygen atoms in total. The van der Waals surface area contributed by atoms with Crippen LogP contribution in [0.5, 0.6) is 5.75 Å². The fraction of sp³-hybridized carbons (Fsp3) is 0.353. The van der Waals surface area contributed by atoms with Crippen LogP contribution in [0.2, 0.25) is 0 Å². The Labute approximate surface area is 119 Å². The van der Waals surface area contributed by atoms with Crippen LogP contribution in [-0.4, -0.2) is 18.1 Å². The monoisotopic (exact) mass is 268 g/mol. The van der Waals surface area contributed by atoms with Gasteiger partial charge in [0.25, 0.3) is 0 Å². The molecule has 0 spiro atoms. The number of aryl methyl sites for hydroxylation is 1. The van der Waals surface area contributed by atoms with Crippen LogP contribution in [0.4, 0.5) is 0 Å². The van der Waals surface area contributed by atoms with Gasteiger partial charge in [-0.3, -0.25) is 4.98 Å². The zero-order chi connectivity index (χ0) is 14.1. The summed E-state index contributed by atoms with van der Waals surface area (Å²) in [7, 11) is 0. The fourth-order valence-corrected chi connectivity index (χ4v) is 2.89. The molecule has 1 aromatic carbocycles. The number of pyridine rings is 1. The average Bonchev–Trinajstić information content (AvgIpc) is 2.49. The second-order valence-electron chi connectivity index (χ2n) is 5.36. The van der Waals surface area contributed by atoms with Crippen LogP contribution >= 0.6 is 0 Å². The Morgan fingerprint density at radius 2 is 2.10 bits per heavy atom. The van der Waals surface area contributed by atoms with Gasteiger partial charge in [-0.25, -0.2) is 0 Å². The molecule has 3 rings (SSSR count). The second-order valence-corrected chi connectivity index (χ2v) is 5.36. The molecule has 1 atom stereocenters. The molecule has 0 fully saturated rings. The number of benzene rings is 1. The molecule has 2 N–H and O–H groups in total. The quantitative estimate of drug-likeness (QED) is 0.910. The highest BCUT2D eigenvalue weighted by Crippen LogP contribution is 2.41. The number of hydrogen-bond acceptors (Lipinski definition) is 3. The normalized spacial score (nSPS) is 17.4. The van der Waals surface area contributed by atoms with Crippen LogP contribution < -0.4 is 10.5 Å². The summed E-state index contributed by atoms with van der Waals surface area (Å²) < 4.78 is 5.96. The van der Waals surface area contributed by atoms with Crippen LogP contribution in [0.25, 0.3) is 11.1 Å². The minimum absolute atomic E-state index is 0.405. The molecule has 1 aliphatic rings. The largest absolute Gasteiger partial charge is 0.493 e. The summed E-state index contributed by atoms with van der Waals surface area (Å²) in [6.07, 6.45) is 2.86. The van der Waals surface area contributed by atoms with Gasteiger partial charge in [0, 0.05) is 23.4 Å². The average molecular weight is 268 g/mol. The highest BCUT2D eigenvalue weighted by molar-refractivity contribution is 5.75. The summed E-state index contributed by atoms with van der Waals surface area (Å²) in [5, 5.41) is 0. The van der Waals surface area contributed by atoms with E-state index in [-0.39, 0.29) is 0 Å². The molecule has 1 aliphatic heterocycles. The van der Waals surface area contributed by atoms with Gasteiger partial charge in [0.05, 0.1) is 6.61 Å². The van der Waals surface area contributed by atoms with Gasteiger partial charge in [0.2, 0.25) is 0 Å². The minimum atomic E-state index is 0.405. The number of aromatic nitrogens is 1. The summed E-state index contributed by atoms with van der Waals surface area (Å²) in [5.41, 5.74) is 11.8. The van der Waals surface area contributed by atoms with Gasteiger partial charge in [0.15, 0.2) is 0 Å². The van der Waals surface area contributed by atoms with E-state index < -0.39 is 0 Å². The molecular weight excluding hydrogens is 248 g/mol. The van der Waals surface area contributed by atoms with Crippen LogP contribution in [0, 0.1) is 13.8 Å². The molecule has 0 unspecified atom stereocenters. The SMILES string of the molecule is Cc1nccc(-c2cccc3c2OCC[C@@H]3CN)c1C. The number of fused-ring (bicyclic) bond motifs is 1. The highest BCUT2D eigenvalue weighted by atomic mass is 16.5. The predicted octanol–water partition coefficient (Wildman–Crippen LogP) is 3.19. The second kappa shape index (κ2) is 5.25. The van der Waals surface area contributed by atoms with Gasteiger partial charge in [-0.2, -0.15) is 0 Å². The molecule has 104 valence electrons. The molecule has 2 heterocycles. The van der Waals surface area contributed by atoms with Gasteiger partial charge >= 0.3 is 0 Å². The maximum atomic E-state index is 5.96. The van der Waals surface area contributed by atoms with Crippen molar-refractivity contribution in [2.75, 3.05) is 13.2 Å². The van der Waals surface area contributed by atoms with E-state index in [2.05, 4.69) is 36.2 Å². The zero-order valence-corrected chi connectivity index (χ0v) is 12.0. The number of nitrogens with two attached hydrogens (primary N) is 1. The minimum Gasteiger partial charge on any atom is -0.493 e. The summed E-state index contributed by atoms with van der Waals surface area (Å²) in [6, 6.07) is 8.42. The first kappa shape index (κ1) is 13.1. The lowest BCUT2D eigenvalue weighted by molar-refractivity contribution is 0.270. The Balaban J connectivity index is 2.18. The molecule has 3 heteroatoms. The smallest absolute Gasteiger partial charge is 0.130 e. The Kier molecular flexibility index (Phi) is 3.45. The van der Waals surface area contributed by atoms with Gasteiger partial charge in [-0.1, -0.05) is 18.2 Å². The third-order valence-electron chi connectivity index (χ3n) is 4.23. The molecule has 0 amide bonds. The van der Waals surface area contributed by atoms with Crippen molar-refractivity contribution < 1.29 is 4.74 Å². The van der Waals surface area contributed by atoms with E-state index in [1.807, 2.05) is 13.1 Å². The van der Waals surface area contributed by atoms with Gasteiger partial charge in [-0.05, 0) is 49.6 Å². The Morgan fingerprint density at radius 1 is 1.25 bits per heavy atom. The molecule has 0 bridgehead atoms. The molecule has 2 aromatic rings. The van der Waals surface area contributed by atoms with E-state index >= 15 is 0 Å². The zero-order valence-electron chi connectivity index (χ0n) is 12.0. The first-order valence-corrected chi connectivity index (χ1v) is 7.10. The first-order chi connectivity index (χ1) is 9.72. The van der Waals surface area contributed by atoms with Crippen molar-refractivity contribution in [1.82, 2.24) is 4.98 Å². The lowest BCUT2D eigenvalue weighted by Crippen LogP contribution is -2.21. The predicted molar refractivity (Wildman–Crippen MR) is 81.1 cm³/mol. The van der Waals surface area contributed by atoms with E-state index in [9.17, 15) is 0 Å². The summed E-state index contributed by atoms with van der Waals surface area (Å²) in [6.45, 7) is 5.57. The molecule has 1 aromatic heterocycles. The molecule has 0 aliphatic carbocycles. The van der Waals surface area contributed by atoms with E-state index in [4.69, 9.17) is 10.5 Å². The maximum absolute atomic E-state index is 5.96. The van der Waals surface area contributed by atoms with Crippen molar-refractivity contribution in [2.45, 2.75) is 26.2 Å². The Bertz CT molecular complexity index is 637. The van der Waals surface area contributed by atoms with Crippen LogP contribution in [0.1, 0.15) is 29.2 Å². The van der Waals surface area contributed by atoms with Crippen molar-refractivity contribution in [3.63, 3.8) is 0 Å². The summed E-state index contributed by atoms with van der Waals surface area (Å²) in [4.78, 5) is 4.35. The van der Waals surface area contributed by atoms with Gasteiger partial charge in [0.1, 0.15) is 5.75 Å². The van der Waals surface area contributed by atoms with E-state index in [0.717, 1.165) is 30.0 Å². The van der Waals surface area contributed by atoms with Crippen molar-refractivity contribution in [1.29, 1.82) is 0 Å². The third kappa shape index (κ3) is 2.08. The third-order valence-corrected chi connectivity index (χ3v) is 4.23. The van der Waals surface area contributed by atoms with E-state index in [0.29, 0.717) is 12.5 Å². The summed E-state index contributed by atoms with van der Waals surface area (Å²) in [5.74, 6) is 1.41. The highest BCUT2D eigenvalue weighted by Gasteiger charge is 2.23. The first-order valence-electron chi connectivity index (χ1n) is 7.10. The fourth-order valence-electron chi connectivity index (χ4n) is 2.89. The number of ether oxygens (including phenoxy) is 1. The number of para-hydroxylation sites is 1. The topological polar surface area (TPSA) is 48.1 Å². The molecule has 0 saturated carbocycles. The lowest BCUT2D eigenvalue weighted by atomic mass is 9.89. The number of rotatable bonds is 2. The molecular formula is C17H20N2O. The number of hydrogen-bond donors (Lipinski definition) is 1. The van der Waals surface area contributed by atoms with Crippen molar-refractivity contribution in [2.24, 2.45) is 5.73 Å². The van der Waals surface area contributed by atoms with Crippen LogP contribution in [0.15, 0.2) is 30.5 Å². The van der Waals surface area contributed by atoms with E-state index in [1.165, 1.54) is 16.7 Å². The van der Waals surface area contributed by atoms with Crippen molar-refractivity contribution >= 4 is 0 Å². The van der Waals surface area contributed by atoms with Gasteiger partial charge < -0.3 is 10.5 Å². The molecule has 0 saturated heterocycles. The standard InChI is InChI=1S/C17H20N2O/c1-11-12(2)19-8-6-14(11)16-5-3-4-15-13(10-18)7-9-20-17(15)16/h3-6,8,13H,7,9-10,18H2,1-2H3/t13-/m1/s1.